The quantitative estimate of drug-likeness (QED) is 0.819. The van der Waals surface area contributed by atoms with Crippen molar-refractivity contribution in [2.75, 3.05) is 0 Å². The van der Waals surface area contributed by atoms with Crippen molar-refractivity contribution in [3.63, 3.8) is 0 Å². The Hall–Kier alpha value is -2.66. The highest BCUT2D eigenvalue weighted by Crippen LogP contribution is 2.31. The molecule has 1 fully saturated rings. The number of hydrogen-bond donors (Lipinski definition) is 2. The van der Waals surface area contributed by atoms with Crippen molar-refractivity contribution in [1.29, 1.82) is 0 Å². The number of nitrogens with one attached hydrogen (secondary N) is 1. The predicted octanol–water partition coefficient (Wildman–Crippen LogP) is 3.17. The maximum Gasteiger partial charge on any atom is 0.339 e. The first-order valence-electron chi connectivity index (χ1n) is 9.48. The van der Waals surface area contributed by atoms with Crippen LogP contribution in [0.5, 0.6) is 0 Å². The van der Waals surface area contributed by atoms with Gasteiger partial charge in [0.05, 0.1) is 11.7 Å². The number of carbonyl (C=O) groups is 2. The van der Waals surface area contributed by atoms with Crippen molar-refractivity contribution in [3.8, 4) is 0 Å². The van der Waals surface area contributed by atoms with Crippen molar-refractivity contribution in [1.82, 2.24) is 5.32 Å². The van der Waals surface area contributed by atoms with E-state index in [1.54, 1.807) is 18.2 Å². The number of fused-ring (bicyclic) bond motifs is 1. The number of aliphatic hydroxyl groups is 1. The average Bonchev–Trinajstić information content (AvgIpc) is 2.70. The normalized spacial score (nSPS) is 24.6. The van der Waals surface area contributed by atoms with Crippen molar-refractivity contribution in [2.45, 2.75) is 50.4 Å². The molecule has 2 aliphatic rings. The number of hydrogen-bond acceptors (Lipinski definition) is 4. The molecule has 5 nitrogen and oxygen atoms in total. The van der Waals surface area contributed by atoms with Gasteiger partial charge in [0.1, 0.15) is 6.10 Å². The molecule has 0 spiro atoms. The summed E-state index contributed by atoms with van der Waals surface area (Å²) in [5, 5.41) is 12.6. The Bertz CT molecular complexity index is 841. The summed E-state index contributed by atoms with van der Waals surface area (Å²) in [7, 11) is 0. The molecule has 27 heavy (non-hydrogen) atoms. The van der Waals surface area contributed by atoms with Crippen LogP contribution in [0.3, 0.4) is 0 Å². The standard InChI is InChI=1S/C22H23NO4/c24-18-9-7-17(8-10-18)23-21(25)15-6-11-19-16(12-15)13-20(27-22(19)26)14-4-2-1-3-5-14/h1-6,11-12,17-18,20,24H,7-10,13H2,(H,23,25)/t17?,18?,20-/m1/s1. The van der Waals surface area contributed by atoms with E-state index in [9.17, 15) is 14.7 Å². The lowest BCUT2D eigenvalue weighted by Crippen LogP contribution is -2.38. The molecule has 1 heterocycles. The molecule has 2 aromatic carbocycles. The maximum atomic E-state index is 12.6. The minimum atomic E-state index is -0.349. The third-order valence-corrected chi connectivity index (χ3v) is 5.45. The molecule has 1 atom stereocenters. The zero-order chi connectivity index (χ0) is 18.8. The Morgan fingerprint density at radius 3 is 2.52 bits per heavy atom. The van der Waals surface area contributed by atoms with Crippen LogP contribution in [0.15, 0.2) is 48.5 Å². The van der Waals surface area contributed by atoms with E-state index in [-0.39, 0.29) is 30.1 Å². The van der Waals surface area contributed by atoms with Crippen LogP contribution in [-0.2, 0) is 11.2 Å². The summed E-state index contributed by atoms with van der Waals surface area (Å²) < 4.78 is 5.57. The number of aliphatic hydroxyl groups excluding tert-OH is 1. The van der Waals surface area contributed by atoms with Gasteiger partial charge < -0.3 is 15.2 Å². The van der Waals surface area contributed by atoms with Gasteiger partial charge in [-0.2, -0.15) is 0 Å². The number of amides is 1. The lowest BCUT2D eigenvalue weighted by molar-refractivity contribution is 0.0252. The number of rotatable bonds is 3. The summed E-state index contributed by atoms with van der Waals surface area (Å²) in [4.78, 5) is 25.0. The molecule has 2 N–H and O–H groups in total. The second kappa shape index (κ2) is 7.53. The lowest BCUT2D eigenvalue weighted by Gasteiger charge is -2.27. The van der Waals surface area contributed by atoms with E-state index in [1.165, 1.54) is 0 Å². The highest BCUT2D eigenvalue weighted by Gasteiger charge is 2.28. The van der Waals surface area contributed by atoms with Crippen LogP contribution in [0.25, 0.3) is 0 Å². The SMILES string of the molecule is O=C(NC1CCC(O)CC1)c1ccc2c(c1)C[C@H](c1ccccc1)OC2=O. The van der Waals surface area contributed by atoms with Gasteiger partial charge >= 0.3 is 5.97 Å². The summed E-state index contributed by atoms with van der Waals surface area (Å²) in [6, 6.07) is 14.9. The molecule has 1 saturated carbocycles. The average molecular weight is 365 g/mol. The van der Waals surface area contributed by atoms with Crippen LogP contribution in [0, 0.1) is 0 Å². The van der Waals surface area contributed by atoms with E-state index >= 15 is 0 Å². The third kappa shape index (κ3) is 3.88. The van der Waals surface area contributed by atoms with E-state index < -0.39 is 0 Å². The molecule has 0 unspecified atom stereocenters. The first-order valence-corrected chi connectivity index (χ1v) is 9.48. The number of benzene rings is 2. The van der Waals surface area contributed by atoms with E-state index in [0.717, 1.165) is 36.8 Å². The van der Waals surface area contributed by atoms with Gasteiger partial charge in [-0.1, -0.05) is 30.3 Å². The fraction of sp³-hybridized carbons (Fsp3) is 0.364. The van der Waals surface area contributed by atoms with E-state index in [0.29, 0.717) is 17.5 Å². The summed E-state index contributed by atoms with van der Waals surface area (Å²) in [5.41, 5.74) is 2.87. The molecule has 0 bridgehead atoms. The summed E-state index contributed by atoms with van der Waals surface area (Å²) >= 11 is 0. The van der Waals surface area contributed by atoms with Crippen molar-refractivity contribution < 1.29 is 19.4 Å². The minimum Gasteiger partial charge on any atom is -0.454 e. The minimum absolute atomic E-state index is 0.0963. The molecule has 0 saturated heterocycles. The first kappa shape index (κ1) is 17.7. The molecule has 1 amide bonds. The van der Waals surface area contributed by atoms with Crippen LogP contribution in [0.4, 0.5) is 0 Å². The van der Waals surface area contributed by atoms with Crippen molar-refractivity contribution in [3.05, 3.63) is 70.8 Å². The summed E-state index contributed by atoms with van der Waals surface area (Å²) in [6.45, 7) is 0. The molecule has 4 rings (SSSR count). The lowest BCUT2D eigenvalue weighted by atomic mass is 9.91. The van der Waals surface area contributed by atoms with Gasteiger partial charge in [-0.15, -0.1) is 0 Å². The van der Waals surface area contributed by atoms with Gasteiger partial charge in [0.25, 0.3) is 5.91 Å². The monoisotopic (exact) mass is 365 g/mol. The van der Waals surface area contributed by atoms with Crippen molar-refractivity contribution in [2.24, 2.45) is 0 Å². The molecular weight excluding hydrogens is 342 g/mol. The summed E-state index contributed by atoms with van der Waals surface area (Å²) in [5.74, 6) is -0.479. The second-order valence-electron chi connectivity index (χ2n) is 7.36. The Kier molecular flexibility index (Phi) is 4.94. The largest absolute Gasteiger partial charge is 0.454 e. The van der Waals surface area contributed by atoms with Crippen molar-refractivity contribution >= 4 is 11.9 Å². The highest BCUT2D eigenvalue weighted by molar-refractivity contribution is 5.98. The maximum absolute atomic E-state index is 12.6. The summed E-state index contributed by atoms with van der Waals surface area (Å²) in [6.07, 6.45) is 3.01. The van der Waals surface area contributed by atoms with Gasteiger partial charge in [-0.05, 0) is 55.0 Å². The fourth-order valence-electron chi connectivity index (χ4n) is 3.88. The molecule has 0 radical (unpaired) electrons. The first-order chi connectivity index (χ1) is 13.1. The zero-order valence-electron chi connectivity index (χ0n) is 15.1. The highest BCUT2D eigenvalue weighted by atomic mass is 16.5. The van der Waals surface area contributed by atoms with E-state index in [2.05, 4.69) is 5.32 Å². The Morgan fingerprint density at radius 2 is 1.78 bits per heavy atom. The number of ether oxygens (including phenoxy) is 1. The van der Waals surface area contributed by atoms with Crippen LogP contribution < -0.4 is 5.32 Å². The molecule has 2 aromatic rings. The van der Waals surface area contributed by atoms with Gasteiger partial charge in [-0.25, -0.2) is 4.79 Å². The Labute approximate surface area is 158 Å². The number of cyclic esters (lactones) is 1. The molecule has 1 aliphatic carbocycles. The van der Waals surface area contributed by atoms with Gasteiger partial charge in [-0.3, -0.25) is 4.79 Å². The fourth-order valence-corrected chi connectivity index (χ4v) is 3.88. The third-order valence-electron chi connectivity index (χ3n) is 5.45. The molecule has 1 aliphatic heterocycles. The zero-order valence-corrected chi connectivity index (χ0v) is 15.1. The number of esters is 1. The van der Waals surface area contributed by atoms with E-state index in [1.807, 2.05) is 30.3 Å². The second-order valence-corrected chi connectivity index (χ2v) is 7.36. The number of carbonyl (C=O) groups excluding carboxylic acids is 2. The Balaban J connectivity index is 1.51. The molecule has 5 heteroatoms. The topological polar surface area (TPSA) is 75.6 Å². The van der Waals surface area contributed by atoms with E-state index in [4.69, 9.17) is 4.74 Å². The van der Waals surface area contributed by atoms with Crippen LogP contribution in [0.1, 0.15) is 63.6 Å². The van der Waals surface area contributed by atoms with Gasteiger partial charge in [0.15, 0.2) is 0 Å². The molecule has 140 valence electrons. The van der Waals surface area contributed by atoms with Crippen LogP contribution in [0.2, 0.25) is 0 Å². The Morgan fingerprint density at radius 1 is 1.04 bits per heavy atom. The molecule has 0 aromatic heterocycles. The smallest absolute Gasteiger partial charge is 0.339 e. The molecular formula is C22H23NO4. The van der Waals surface area contributed by atoms with Gasteiger partial charge in [0, 0.05) is 18.0 Å². The van der Waals surface area contributed by atoms with Gasteiger partial charge in [0.2, 0.25) is 0 Å². The predicted molar refractivity (Wildman–Crippen MR) is 100 cm³/mol. The van der Waals surface area contributed by atoms with Crippen LogP contribution in [-0.4, -0.2) is 29.1 Å². The van der Waals surface area contributed by atoms with Crippen LogP contribution >= 0.6 is 0 Å².